The van der Waals surface area contributed by atoms with Gasteiger partial charge in [-0.25, -0.2) is 0 Å². The maximum Gasteiger partial charge on any atom is 0.303 e. The lowest BCUT2D eigenvalue weighted by molar-refractivity contribution is -0.264. The van der Waals surface area contributed by atoms with E-state index in [4.69, 9.17) is 18.9 Å². The molecule has 1 rings (SSSR count). The van der Waals surface area contributed by atoms with Gasteiger partial charge in [0.2, 0.25) is 5.91 Å². The van der Waals surface area contributed by atoms with Crippen LogP contribution in [-0.4, -0.2) is 67.3 Å². The van der Waals surface area contributed by atoms with Crippen LogP contribution in [0.1, 0.15) is 20.8 Å². The maximum absolute atomic E-state index is 11.3. The lowest BCUT2D eigenvalue weighted by Crippen LogP contribution is -2.66. The number of carbonyl (C=O) groups excluding carboxylic acids is 3. The van der Waals surface area contributed by atoms with E-state index in [1.165, 1.54) is 27.9 Å². The van der Waals surface area contributed by atoms with Crippen LogP contribution >= 0.6 is 0 Å². The number of esters is 2. The summed E-state index contributed by atoms with van der Waals surface area (Å²) in [6, 6.07) is -1.07. The van der Waals surface area contributed by atoms with Gasteiger partial charge in [0.1, 0.15) is 12.1 Å². The molecule has 0 saturated carbocycles. The van der Waals surface area contributed by atoms with E-state index in [-0.39, 0.29) is 6.61 Å². The predicted octanol–water partition coefficient (Wildman–Crippen LogP) is -1.28. The molecular weight excluding hydrogens is 298 g/mol. The summed E-state index contributed by atoms with van der Waals surface area (Å²) in [5, 5.41) is 12.5. The van der Waals surface area contributed by atoms with Crippen molar-refractivity contribution in [2.45, 2.75) is 51.4 Å². The van der Waals surface area contributed by atoms with Crippen molar-refractivity contribution in [3.63, 3.8) is 0 Å². The molecule has 1 heterocycles. The summed E-state index contributed by atoms with van der Waals surface area (Å²) >= 11 is 0. The van der Waals surface area contributed by atoms with Crippen LogP contribution < -0.4 is 5.32 Å². The Labute approximate surface area is 127 Å². The smallest absolute Gasteiger partial charge is 0.303 e. The molecule has 1 amide bonds. The number of amides is 1. The average Bonchev–Trinajstić information content (AvgIpc) is 2.37. The minimum atomic E-state index is -1.44. The van der Waals surface area contributed by atoms with Gasteiger partial charge in [0.15, 0.2) is 18.5 Å². The van der Waals surface area contributed by atoms with Crippen molar-refractivity contribution in [1.82, 2.24) is 5.32 Å². The fraction of sp³-hybridized carbons (Fsp3) is 0.769. The Balaban J connectivity index is 3.09. The Kier molecular flexibility index (Phi) is 6.72. The van der Waals surface area contributed by atoms with Crippen molar-refractivity contribution in [2.75, 3.05) is 13.7 Å². The predicted molar refractivity (Wildman–Crippen MR) is 71.5 cm³/mol. The first-order valence-electron chi connectivity index (χ1n) is 6.70. The van der Waals surface area contributed by atoms with E-state index in [0.29, 0.717) is 0 Å². The third kappa shape index (κ3) is 4.93. The van der Waals surface area contributed by atoms with E-state index in [9.17, 15) is 19.5 Å². The van der Waals surface area contributed by atoms with Crippen LogP contribution in [0.4, 0.5) is 0 Å². The molecule has 0 aliphatic carbocycles. The molecule has 0 radical (unpaired) electrons. The summed E-state index contributed by atoms with van der Waals surface area (Å²) in [7, 11) is 1.40. The lowest BCUT2D eigenvalue weighted by atomic mass is 9.96. The minimum absolute atomic E-state index is 0.000434. The quantitative estimate of drug-likeness (QED) is 0.601. The molecule has 0 aromatic carbocycles. The summed E-state index contributed by atoms with van der Waals surface area (Å²) in [5.41, 5.74) is 0. The standard InChI is InChI=1S/C13H21NO8/c1-6(15)14-10-12(21-8(3)17)11(20-7(2)16)9(5-19-4)22-13(10)18/h9-13,18H,5H2,1-4H3,(H,14,15)/t9-,10-,11+,12-,13+/m1/s1. The zero-order valence-electron chi connectivity index (χ0n) is 12.9. The topological polar surface area (TPSA) is 120 Å². The van der Waals surface area contributed by atoms with E-state index < -0.39 is 48.5 Å². The molecule has 5 atom stereocenters. The molecule has 0 aromatic rings. The highest BCUT2D eigenvalue weighted by Crippen LogP contribution is 2.25. The first-order chi connectivity index (χ1) is 10.3. The van der Waals surface area contributed by atoms with Crippen molar-refractivity contribution in [2.24, 2.45) is 0 Å². The molecule has 0 aromatic heterocycles. The number of methoxy groups -OCH3 is 1. The lowest BCUT2D eigenvalue weighted by Gasteiger charge is -2.43. The highest BCUT2D eigenvalue weighted by Gasteiger charge is 2.49. The van der Waals surface area contributed by atoms with Crippen LogP contribution in [0.3, 0.4) is 0 Å². The van der Waals surface area contributed by atoms with E-state index in [0.717, 1.165) is 0 Å². The number of carbonyl (C=O) groups is 3. The number of hydrogen-bond acceptors (Lipinski definition) is 8. The van der Waals surface area contributed by atoms with Crippen LogP contribution in [0.25, 0.3) is 0 Å². The molecule has 1 saturated heterocycles. The van der Waals surface area contributed by atoms with Gasteiger partial charge in [-0.15, -0.1) is 0 Å². The summed E-state index contributed by atoms with van der Waals surface area (Å²) < 4.78 is 20.6. The number of ether oxygens (including phenoxy) is 4. The van der Waals surface area contributed by atoms with Crippen LogP contribution in [0.15, 0.2) is 0 Å². The Morgan fingerprint density at radius 2 is 1.64 bits per heavy atom. The highest BCUT2D eigenvalue weighted by atomic mass is 16.7. The molecule has 2 N–H and O–H groups in total. The van der Waals surface area contributed by atoms with Gasteiger partial charge in [0.05, 0.1) is 6.61 Å². The Bertz CT molecular complexity index is 426. The van der Waals surface area contributed by atoms with E-state index in [2.05, 4.69) is 5.32 Å². The van der Waals surface area contributed by atoms with Gasteiger partial charge in [0.25, 0.3) is 0 Å². The molecule has 1 aliphatic rings. The molecular formula is C13H21NO8. The third-order valence-electron chi connectivity index (χ3n) is 2.97. The molecule has 0 bridgehead atoms. The number of aliphatic hydroxyl groups is 1. The van der Waals surface area contributed by atoms with Crippen molar-refractivity contribution in [3.05, 3.63) is 0 Å². The molecule has 0 unspecified atom stereocenters. The number of nitrogens with one attached hydrogen (secondary N) is 1. The average molecular weight is 319 g/mol. The monoisotopic (exact) mass is 319 g/mol. The van der Waals surface area contributed by atoms with Crippen LogP contribution in [0.2, 0.25) is 0 Å². The number of aliphatic hydroxyl groups excluding tert-OH is 1. The van der Waals surface area contributed by atoms with E-state index >= 15 is 0 Å². The Morgan fingerprint density at radius 3 is 2.09 bits per heavy atom. The molecule has 22 heavy (non-hydrogen) atoms. The summed E-state index contributed by atoms with van der Waals surface area (Å²) in [6.45, 7) is 3.59. The Hall–Kier alpha value is -1.71. The van der Waals surface area contributed by atoms with Crippen molar-refractivity contribution >= 4 is 17.8 Å². The van der Waals surface area contributed by atoms with Crippen LogP contribution in [0.5, 0.6) is 0 Å². The fourth-order valence-corrected chi connectivity index (χ4v) is 2.27. The van der Waals surface area contributed by atoms with Crippen molar-refractivity contribution in [1.29, 1.82) is 0 Å². The maximum atomic E-state index is 11.3. The fourth-order valence-electron chi connectivity index (χ4n) is 2.27. The summed E-state index contributed by atoms with van der Waals surface area (Å²) in [4.78, 5) is 33.9. The van der Waals surface area contributed by atoms with Crippen molar-refractivity contribution in [3.8, 4) is 0 Å². The van der Waals surface area contributed by atoms with Gasteiger partial charge in [-0.2, -0.15) is 0 Å². The van der Waals surface area contributed by atoms with Gasteiger partial charge >= 0.3 is 11.9 Å². The van der Waals surface area contributed by atoms with E-state index in [1.54, 1.807) is 0 Å². The van der Waals surface area contributed by atoms with Gasteiger partial charge in [-0.3, -0.25) is 14.4 Å². The largest absolute Gasteiger partial charge is 0.456 e. The molecule has 1 aliphatic heterocycles. The second-order valence-corrected chi connectivity index (χ2v) is 4.89. The molecule has 9 nitrogen and oxygen atoms in total. The third-order valence-corrected chi connectivity index (χ3v) is 2.97. The second kappa shape index (κ2) is 8.06. The van der Waals surface area contributed by atoms with Crippen LogP contribution in [0, 0.1) is 0 Å². The van der Waals surface area contributed by atoms with Gasteiger partial charge in [-0.05, 0) is 0 Å². The second-order valence-electron chi connectivity index (χ2n) is 4.89. The highest BCUT2D eigenvalue weighted by molar-refractivity contribution is 5.73. The summed E-state index contributed by atoms with van der Waals surface area (Å²) in [6.07, 6.45) is -4.42. The number of rotatable bonds is 5. The zero-order chi connectivity index (χ0) is 16.9. The van der Waals surface area contributed by atoms with Crippen LogP contribution in [-0.2, 0) is 33.3 Å². The first kappa shape index (κ1) is 18.3. The zero-order valence-corrected chi connectivity index (χ0v) is 12.9. The number of hydrogen-bond donors (Lipinski definition) is 2. The molecule has 9 heteroatoms. The normalized spacial score (nSPS) is 31.2. The van der Waals surface area contributed by atoms with E-state index in [1.807, 2.05) is 0 Å². The van der Waals surface area contributed by atoms with Gasteiger partial charge in [-0.1, -0.05) is 0 Å². The molecule has 1 fully saturated rings. The van der Waals surface area contributed by atoms with Gasteiger partial charge in [0, 0.05) is 27.9 Å². The van der Waals surface area contributed by atoms with Crippen molar-refractivity contribution < 1.29 is 38.4 Å². The van der Waals surface area contributed by atoms with Gasteiger partial charge < -0.3 is 29.4 Å². The first-order valence-corrected chi connectivity index (χ1v) is 6.70. The Morgan fingerprint density at radius 1 is 1.09 bits per heavy atom. The summed E-state index contributed by atoms with van der Waals surface area (Å²) in [5.74, 6) is -1.73. The molecule has 126 valence electrons. The minimum Gasteiger partial charge on any atom is -0.456 e. The molecule has 0 spiro atoms. The SMILES string of the molecule is COC[C@H]1O[C@H](O)[C@H](NC(C)=O)[C@@H](OC(C)=O)[C@H]1OC(C)=O.